The van der Waals surface area contributed by atoms with Crippen molar-refractivity contribution in [3.8, 4) is 0 Å². The lowest BCUT2D eigenvalue weighted by molar-refractivity contribution is -0.144. The van der Waals surface area contributed by atoms with E-state index in [0.717, 1.165) is 0 Å². The van der Waals surface area contributed by atoms with Gasteiger partial charge in [-0.15, -0.1) is 0 Å². The highest BCUT2D eigenvalue weighted by Gasteiger charge is 2.45. The lowest BCUT2D eigenvalue weighted by atomic mass is 9.75. The highest BCUT2D eigenvalue weighted by atomic mass is 35.5. The van der Waals surface area contributed by atoms with Gasteiger partial charge >= 0.3 is 11.9 Å². The van der Waals surface area contributed by atoms with Crippen molar-refractivity contribution < 1.29 is 28.2 Å². The molecular weight excluding hydrogens is 403 g/mol. The number of methoxy groups -OCH3 is 1. The van der Waals surface area contributed by atoms with E-state index >= 15 is 0 Å². The van der Waals surface area contributed by atoms with Crippen LogP contribution in [0.5, 0.6) is 0 Å². The van der Waals surface area contributed by atoms with Crippen molar-refractivity contribution >= 4 is 29.3 Å². The van der Waals surface area contributed by atoms with E-state index in [-0.39, 0.29) is 43.3 Å². The number of hydrogen-bond donors (Lipinski definition) is 1. The molecule has 0 radical (unpaired) electrons. The monoisotopic (exact) mass is 426 g/mol. The number of alkyl halides is 1. The van der Waals surface area contributed by atoms with E-state index in [1.807, 2.05) is 0 Å². The minimum atomic E-state index is -1.16. The topological polar surface area (TPSA) is 100 Å². The van der Waals surface area contributed by atoms with Crippen LogP contribution in [0.2, 0.25) is 5.02 Å². The summed E-state index contributed by atoms with van der Waals surface area (Å²) in [5.74, 6) is -3.51. The predicted molar refractivity (Wildman–Crippen MR) is 107 cm³/mol. The van der Waals surface area contributed by atoms with Gasteiger partial charge in [-0.2, -0.15) is 0 Å². The maximum Gasteiger partial charge on any atom is 0.336 e. The summed E-state index contributed by atoms with van der Waals surface area (Å²) < 4.78 is 29.4. The molecule has 1 heterocycles. The Morgan fingerprint density at radius 1 is 1.31 bits per heavy atom. The second-order valence-electron chi connectivity index (χ2n) is 6.16. The molecule has 1 aromatic rings. The van der Waals surface area contributed by atoms with Gasteiger partial charge in [-0.05, 0) is 18.6 Å². The molecule has 7 nitrogen and oxygen atoms in total. The van der Waals surface area contributed by atoms with Gasteiger partial charge in [-0.3, -0.25) is 9.79 Å². The molecular formula is C20H24ClFN2O5. The van der Waals surface area contributed by atoms with Crippen molar-refractivity contribution in [2.24, 2.45) is 16.6 Å². The molecule has 158 valence electrons. The zero-order valence-corrected chi connectivity index (χ0v) is 17.1. The number of nitrogens with two attached hydrogens (primary N) is 1. The molecule has 1 aliphatic rings. The highest BCUT2D eigenvalue weighted by molar-refractivity contribution is 6.31. The number of carbonyl (C=O) groups is 2. The first-order valence-electron chi connectivity index (χ1n) is 9.13. The lowest BCUT2D eigenvalue weighted by Gasteiger charge is -2.32. The molecule has 0 saturated heterocycles. The fourth-order valence-electron chi connectivity index (χ4n) is 3.23. The Morgan fingerprint density at radius 3 is 2.62 bits per heavy atom. The molecule has 0 aliphatic carbocycles. The van der Waals surface area contributed by atoms with Crippen LogP contribution in [-0.4, -0.2) is 57.8 Å². The van der Waals surface area contributed by atoms with E-state index in [4.69, 9.17) is 31.5 Å². The predicted octanol–water partition coefficient (Wildman–Crippen LogP) is 2.43. The third-order valence-electron chi connectivity index (χ3n) is 4.42. The summed E-state index contributed by atoms with van der Waals surface area (Å²) in [6.45, 7) is 1.15. The molecule has 29 heavy (non-hydrogen) atoms. The number of benzene rings is 1. The maximum absolute atomic E-state index is 13.9. The van der Waals surface area contributed by atoms with E-state index in [9.17, 15) is 14.0 Å². The number of rotatable bonds is 9. The first-order chi connectivity index (χ1) is 14.0. The van der Waals surface area contributed by atoms with Gasteiger partial charge in [-0.25, -0.2) is 9.18 Å². The van der Waals surface area contributed by atoms with Crippen molar-refractivity contribution in [2.75, 3.05) is 40.1 Å². The van der Waals surface area contributed by atoms with Crippen LogP contribution in [0.3, 0.4) is 0 Å². The molecule has 0 bridgehead atoms. The minimum Gasteiger partial charge on any atom is -0.468 e. The van der Waals surface area contributed by atoms with Gasteiger partial charge in [0.1, 0.15) is 12.6 Å². The minimum absolute atomic E-state index is 0.0684. The van der Waals surface area contributed by atoms with Crippen LogP contribution < -0.4 is 5.73 Å². The van der Waals surface area contributed by atoms with Crippen LogP contribution in [0.25, 0.3) is 0 Å². The molecule has 2 rings (SSSR count). The van der Waals surface area contributed by atoms with Crippen LogP contribution in [0.1, 0.15) is 18.4 Å². The summed E-state index contributed by atoms with van der Waals surface area (Å²) in [7, 11) is 1.19. The molecule has 1 aromatic carbocycles. The zero-order valence-electron chi connectivity index (χ0n) is 16.3. The standard InChI is InChI=1S/C20H24ClFN2O5/c1-3-29-20(26)18-15(11-28-9-8-23)24-14(10-22)17(19(25)27-2)16(18)12-6-4-5-7-13(12)21/h4-7,16-17H,3,8-11,23H2,1-2H3. The molecule has 0 aromatic heterocycles. The van der Waals surface area contributed by atoms with E-state index in [2.05, 4.69) is 4.99 Å². The van der Waals surface area contributed by atoms with Crippen LogP contribution >= 0.6 is 11.6 Å². The molecule has 0 amide bonds. The third kappa shape index (κ3) is 5.20. The summed E-state index contributed by atoms with van der Waals surface area (Å²) in [6, 6.07) is 6.72. The van der Waals surface area contributed by atoms with Crippen LogP contribution in [-0.2, 0) is 23.8 Å². The van der Waals surface area contributed by atoms with Crippen LogP contribution in [0.15, 0.2) is 40.5 Å². The number of halogens is 2. The molecule has 2 N–H and O–H groups in total. The molecule has 0 spiro atoms. The second kappa shape index (κ2) is 11.0. The quantitative estimate of drug-likeness (QED) is 0.481. The van der Waals surface area contributed by atoms with Gasteiger partial charge in [0.15, 0.2) is 0 Å². The third-order valence-corrected chi connectivity index (χ3v) is 4.77. The molecule has 0 saturated carbocycles. The number of carbonyl (C=O) groups excluding carboxylic acids is 2. The van der Waals surface area contributed by atoms with Crippen LogP contribution in [0, 0.1) is 5.92 Å². The van der Waals surface area contributed by atoms with Crippen molar-refractivity contribution in [1.82, 2.24) is 0 Å². The number of nitrogens with zero attached hydrogens (tertiary/aromatic N) is 1. The van der Waals surface area contributed by atoms with E-state index in [0.29, 0.717) is 10.6 Å². The van der Waals surface area contributed by atoms with E-state index in [1.54, 1.807) is 31.2 Å². The van der Waals surface area contributed by atoms with Gasteiger partial charge in [0, 0.05) is 17.5 Å². The smallest absolute Gasteiger partial charge is 0.336 e. The average Bonchev–Trinajstić information content (AvgIpc) is 2.72. The maximum atomic E-state index is 13.9. The first-order valence-corrected chi connectivity index (χ1v) is 9.51. The van der Waals surface area contributed by atoms with Gasteiger partial charge < -0.3 is 19.9 Å². The van der Waals surface area contributed by atoms with Gasteiger partial charge in [0.05, 0.1) is 43.9 Å². The Morgan fingerprint density at radius 2 is 2.03 bits per heavy atom. The fraction of sp³-hybridized carbons (Fsp3) is 0.450. The van der Waals surface area contributed by atoms with Crippen molar-refractivity contribution in [1.29, 1.82) is 0 Å². The number of aliphatic imine (C=N–C) groups is 1. The summed E-state index contributed by atoms with van der Waals surface area (Å²) in [5.41, 5.74) is 6.11. The summed E-state index contributed by atoms with van der Waals surface area (Å²) in [5, 5.41) is 0.315. The van der Waals surface area contributed by atoms with Crippen molar-refractivity contribution in [2.45, 2.75) is 12.8 Å². The highest BCUT2D eigenvalue weighted by Crippen LogP contribution is 2.42. The molecule has 2 unspecified atom stereocenters. The largest absolute Gasteiger partial charge is 0.468 e. The average molecular weight is 427 g/mol. The Labute approximate surface area is 173 Å². The molecule has 0 fully saturated rings. The Hall–Kier alpha value is -2.29. The van der Waals surface area contributed by atoms with Crippen LogP contribution in [0.4, 0.5) is 4.39 Å². The van der Waals surface area contributed by atoms with Gasteiger partial charge in [0.25, 0.3) is 0 Å². The number of ether oxygens (including phenoxy) is 3. The van der Waals surface area contributed by atoms with Gasteiger partial charge in [0.2, 0.25) is 0 Å². The second-order valence-corrected chi connectivity index (χ2v) is 6.57. The first kappa shape index (κ1) is 23.0. The number of hydrogen-bond acceptors (Lipinski definition) is 7. The molecule has 1 aliphatic heterocycles. The summed E-state index contributed by atoms with van der Waals surface area (Å²) in [4.78, 5) is 29.7. The Bertz CT molecular complexity index is 812. The lowest BCUT2D eigenvalue weighted by Crippen LogP contribution is -2.39. The van der Waals surface area contributed by atoms with E-state index < -0.39 is 30.4 Å². The summed E-state index contributed by atoms with van der Waals surface area (Å²) >= 11 is 6.38. The Balaban J connectivity index is 2.72. The summed E-state index contributed by atoms with van der Waals surface area (Å²) in [6.07, 6.45) is 0. The van der Waals surface area contributed by atoms with Crippen molar-refractivity contribution in [3.05, 3.63) is 46.1 Å². The molecule has 2 atom stereocenters. The zero-order chi connectivity index (χ0) is 21.4. The SMILES string of the molecule is CCOC(=O)C1=C(COCCN)N=C(CF)C(C(=O)OC)C1c1ccccc1Cl. The molecule has 9 heteroatoms. The Kier molecular flexibility index (Phi) is 8.75. The number of esters is 2. The fourth-order valence-corrected chi connectivity index (χ4v) is 3.49. The van der Waals surface area contributed by atoms with Crippen molar-refractivity contribution in [3.63, 3.8) is 0 Å². The normalized spacial score (nSPS) is 19.0. The van der Waals surface area contributed by atoms with E-state index in [1.165, 1.54) is 7.11 Å². The van der Waals surface area contributed by atoms with Gasteiger partial charge in [-0.1, -0.05) is 29.8 Å².